The highest BCUT2D eigenvalue weighted by Crippen LogP contribution is 2.26. The normalized spacial score (nSPS) is 18.1. The van der Waals surface area contributed by atoms with Crippen LogP contribution in [0.3, 0.4) is 0 Å². The summed E-state index contributed by atoms with van der Waals surface area (Å²) in [5, 5.41) is 10.7. The third-order valence-corrected chi connectivity index (χ3v) is 7.55. The van der Waals surface area contributed by atoms with Crippen LogP contribution >= 0.6 is 0 Å². The quantitative estimate of drug-likeness (QED) is 0.438. The first-order valence-electron chi connectivity index (χ1n) is 11.0. The molecule has 1 aromatic heterocycles. The number of furan rings is 1. The van der Waals surface area contributed by atoms with Gasteiger partial charge in [-0.05, 0) is 55.0 Å². The molecular weight excluding hydrogens is 461 g/mol. The molecule has 0 radical (unpaired) electrons. The minimum atomic E-state index is -3.13. The fourth-order valence-electron chi connectivity index (χ4n) is 4.06. The molecule has 1 fully saturated rings. The summed E-state index contributed by atoms with van der Waals surface area (Å²) in [5.74, 6) is 1.33. The zero-order valence-electron chi connectivity index (χ0n) is 18.5. The lowest BCUT2D eigenvalue weighted by Gasteiger charge is -2.29. The molecule has 2 heterocycles. The van der Waals surface area contributed by atoms with Crippen LogP contribution in [0.15, 0.2) is 65.1 Å². The lowest BCUT2D eigenvalue weighted by molar-refractivity contribution is 0.0495. The van der Waals surface area contributed by atoms with Crippen molar-refractivity contribution in [2.45, 2.75) is 25.1 Å². The molecule has 4 rings (SSSR count). The number of rotatable bonds is 10. The Kier molecular flexibility index (Phi) is 7.45. The SMILES string of the molecule is O=Cc1ccccc1OCC(O)CN(Cc1ccc(-c2ccc(F)cc2)o1)C1CCS(=O)(=O)C1. The topological polar surface area (TPSA) is 97.1 Å². The second-order valence-corrected chi connectivity index (χ2v) is 10.6. The number of hydrogen-bond acceptors (Lipinski definition) is 7. The van der Waals surface area contributed by atoms with Gasteiger partial charge in [0.15, 0.2) is 16.1 Å². The van der Waals surface area contributed by atoms with Crippen molar-refractivity contribution in [2.24, 2.45) is 0 Å². The number of nitrogens with zero attached hydrogens (tertiary/aromatic N) is 1. The largest absolute Gasteiger partial charge is 0.490 e. The third-order valence-electron chi connectivity index (χ3n) is 5.80. The third kappa shape index (κ3) is 6.11. The van der Waals surface area contributed by atoms with Gasteiger partial charge in [0.1, 0.15) is 35.8 Å². The Morgan fingerprint density at radius 1 is 1.15 bits per heavy atom. The molecule has 1 aliphatic heterocycles. The molecule has 1 aliphatic rings. The highest BCUT2D eigenvalue weighted by molar-refractivity contribution is 7.91. The average molecular weight is 488 g/mol. The maximum absolute atomic E-state index is 13.2. The van der Waals surface area contributed by atoms with Gasteiger partial charge in [-0.25, -0.2) is 12.8 Å². The van der Waals surface area contributed by atoms with Crippen molar-refractivity contribution < 1.29 is 31.9 Å². The molecule has 3 aromatic rings. The van der Waals surface area contributed by atoms with E-state index in [4.69, 9.17) is 9.15 Å². The molecule has 2 aromatic carbocycles. The Hall–Kier alpha value is -3.01. The number of sulfone groups is 1. The molecule has 1 saturated heterocycles. The second kappa shape index (κ2) is 10.5. The van der Waals surface area contributed by atoms with Crippen LogP contribution in [0.1, 0.15) is 22.5 Å². The fraction of sp³-hybridized carbons (Fsp3) is 0.320. The van der Waals surface area contributed by atoms with E-state index in [1.165, 1.54) is 12.1 Å². The first kappa shape index (κ1) is 24.1. The number of para-hydroxylation sites is 1. The van der Waals surface area contributed by atoms with Crippen LogP contribution in [-0.4, -0.2) is 61.5 Å². The predicted molar refractivity (Wildman–Crippen MR) is 125 cm³/mol. The van der Waals surface area contributed by atoms with E-state index in [-0.39, 0.29) is 36.5 Å². The Bertz CT molecular complexity index is 1220. The van der Waals surface area contributed by atoms with E-state index in [9.17, 15) is 22.7 Å². The summed E-state index contributed by atoms with van der Waals surface area (Å²) >= 11 is 0. The van der Waals surface area contributed by atoms with Crippen molar-refractivity contribution in [1.29, 1.82) is 0 Å². The highest BCUT2D eigenvalue weighted by atomic mass is 32.2. The zero-order valence-corrected chi connectivity index (χ0v) is 19.3. The van der Waals surface area contributed by atoms with Gasteiger partial charge < -0.3 is 14.3 Å². The van der Waals surface area contributed by atoms with E-state index in [0.717, 1.165) is 5.56 Å². The number of aliphatic hydroxyl groups excluding tert-OH is 1. The maximum atomic E-state index is 13.2. The lowest BCUT2D eigenvalue weighted by atomic mass is 10.2. The monoisotopic (exact) mass is 487 g/mol. The first-order valence-corrected chi connectivity index (χ1v) is 12.8. The lowest BCUT2D eigenvalue weighted by Crippen LogP contribution is -2.42. The summed E-state index contributed by atoms with van der Waals surface area (Å²) in [6.45, 7) is 0.402. The molecule has 0 aliphatic carbocycles. The van der Waals surface area contributed by atoms with Crippen LogP contribution in [0.2, 0.25) is 0 Å². The predicted octanol–water partition coefficient (Wildman–Crippen LogP) is 3.33. The summed E-state index contributed by atoms with van der Waals surface area (Å²) in [6.07, 6.45) is 0.233. The molecule has 0 saturated carbocycles. The standard InChI is InChI=1S/C25H26FNO6S/c26-20-7-5-18(6-8-20)25-10-9-23(33-25)14-27(21-11-12-34(30,31)17-21)13-22(29)16-32-24-4-2-1-3-19(24)15-28/h1-10,15,21-22,29H,11-14,16-17H2. The number of carbonyl (C=O) groups excluding carboxylic acids is 1. The smallest absolute Gasteiger partial charge is 0.153 e. The second-order valence-electron chi connectivity index (χ2n) is 8.38. The van der Waals surface area contributed by atoms with Gasteiger partial charge in [-0.3, -0.25) is 9.69 Å². The molecule has 2 atom stereocenters. The van der Waals surface area contributed by atoms with Crippen molar-refractivity contribution >= 4 is 16.1 Å². The summed E-state index contributed by atoms with van der Waals surface area (Å²) < 4.78 is 48.9. The minimum Gasteiger partial charge on any atom is -0.490 e. The summed E-state index contributed by atoms with van der Waals surface area (Å²) in [4.78, 5) is 13.1. The molecule has 0 spiro atoms. The Morgan fingerprint density at radius 3 is 2.62 bits per heavy atom. The van der Waals surface area contributed by atoms with Crippen molar-refractivity contribution in [3.05, 3.63) is 77.8 Å². The number of halogens is 1. The van der Waals surface area contributed by atoms with Gasteiger partial charge in [0.2, 0.25) is 0 Å². The van der Waals surface area contributed by atoms with E-state index >= 15 is 0 Å². The van der Waals surface area contributed by atoms with Gasteiger partial charge in [0, 0.05) is 18.2 Å². The van der Waals surface area contributed by atoms with Gasteiger partial charge in [-0.1, -0.05) is 12.1 Å². The Morgan fingerprint density at radius 2 is 1.91 bits per heavy atom. The summed E-state index contributed by atoms with van der Waals surface area (Å²) in [5.41, 5.74) is 1.11. The van der Waals surface area contributed by atoms with Crippen molar-refractivity contribution in [1.82, 2.24) is 4.90 Å². The van der Waals surface area contributed by atoms with Crippen LogP contribution in [0.25, 0.3) is 11.3 Å². The highest BCUT2D eigenvalue weighted by Gasteiger charge is 2.33. The molecule has 2 unspecified atom stereocenters. The van der Waals surface area contributed by atoms with Crippen LogP contribution in [0.5, 0.6) is 5.75 Å². The summed E-state index contributed by atoms with van der Waals surface area (Å²) in [7, 11) is -3.13. The van der Waals surface area contributed by atoms with Crippen molar-refractivity contribution in [3.8, 4) is 17.1 Å². The fourth-order valence-corrected chi connectivity index (χ4v) is 5.82. The zero-order chi connectivity index (χ0) is 24.1. The van der Waals surface area contributed by atoms with E-state index in [0.29, 0.717) is 42.1 Å². The number of aldehydes is 1. The van der Waals surface area contributed by atoms with Crippen molar-refractivity contribution in [2.75, 3.05) is 24.7 Å². The number of carbonyl (C=O) groups is 1. The van der Waals surface area contributed by atoms with Crippen molar-refractivity contribution in [3.63, 3.8) is 0 Å². The van der Waals surface area contributed by atoms with Crippen LogP contribution < -0.4 is 4.74 Å². The first-order chi connectivity index (χ1) is 16.3. The molecule has 7 nitrogen and oxygen atoms in total. The molecule has 34 heavy (non-hydrogen) atoms. The molecule has 9 heteroatoms. The van der Waals surface area contributed by atoms with Gasteiger partial charge >= 0.3 is 0 Å². The van der Waals surface area contributed by atoms with Gasteiger partial charge in [-0.15, -0.1) is 0 Å². The summed E-state index contributed by atoms with van der Waals surface area (Å²) in [6, 6.07) is 16.0. The number of aliphatic hydroxyl groups is 1. The number of hydrogen-bond donors (Lipinski definition) is 1. The van der Waals surface area contributed by atoms with Crippen LogP contribution in [0, 0.1) is 5.82 Å². The number of ether oxygens (including phenoxy) is 1. The van der Waals surface area contributed by atoms with Gasteiger partial charge in [0.05, 0.1) is 23.6 Å². The van der Waals surface area contributed by atoms with E-state index in [2.05, 4.69) is 0 Å². The molecule has 1 N–H and O–H groups in total. The molecular formula is C25H26FNO6S. The molecule has 180 valence electrons. The van der Waals surface area contributed by atoms with Gasteiger partial charge in [0.25, 0.3) is 0 Å². The van der Waals surface area contributed by atoms with Crippen LogP contribution in [0.4, 0.5) is 4.39 Å². The van der Waals surface area contributed by atoms with E-state index in [1.807, 2.05) is 4.90 Å². The minimum absolute atomic E-state index is 0.0140. The molecule has 0 bridgehead atoms. The Labute approximate surface area is 197 Å². The van der Waals surface area contributed by atoms with E-state index in [1.54, 1.807) is 48.5 Å². The number of benzene rings is 2. The molecule has 0 amide bonds. The average Bonchev–Trinajstić information content (AvgIpc) is 3.44. The van der Waals surface area contributed by atoms with E-state index < -0.39 is 15.9 Å². The van der Waals surface area contributed by atoms with Gasteiger partial charge in [-0.2, -0.15) is 0 Å². The maximum Gasteiger partial charge on any atom is 0.153 e. The van der Waals surface area contributed by atoms with Crippen LogP contribution in [-0.2, 0) is 16.4 Å². The Balaban J connectivity index is 1.45.